The van der Waals surface area contributed by atoms with Crippen LogP contribution >= 0.6 is 0 Å². The summed E-state index contributed by atoms with van der Waals surface area (Å²) in [5.74, 6) is 0.0305. The minimum atomic E-state index is -0.0300. The van der Waals surface area contributed by atoms with Crippen LogP contribution in [0.4, 0.5) is 0 Å². The van der Waals surface area contributed by atoms with Crippen molar-refractivity contribution in [3.8, 4) is 0 Å². The Labute approximate surface area is 158 Å². The average molecular weight is 369 g/mol. The predicted molar refractivity (Wildman–Crippen MR) is 99.7 cm³/mol. The van der Waals surface area contributed by atoms with Gasteiger partial charge in [0.1, 0.15) is 0 Å². The standard InChI is InChI=1S/C20H36N2O4/c1-4-20(24-3)14-22(15-20)19(21-12-6-7-13-21)26-17-10-8-16(9-11-17)18(23)25-5-2/h16-17,19H,4-15H2,1-3H3. The molecule has 3 aliphatic rings. The van der Waals surface area contributed by atoms with Gasteiger partial charge in [-0.1, -0.05) is 6.92 Å². The largest absolute Gasteiger partial charge is 0.466 e. The molecule has 3 fully saturated rings. The highest BCUT2D eigenvalue weighted by atomic mass is 16.5. The third kappa shape index (κ3) is 4.41. The predicted octanol–water partition coefficient (Wildman–Crippen LogP) is 2.62. The second kappa shape index (κ2) is 9.00. The maximum atomic E-state index is 11.9. The van der Waals surface area contributed by atoms with Crippen molar-refractivity contribution in [3.05, 3.63) is 0 Å². The van der Waals surface area contributed by atoms with Gasteiger partial charge in [-0.3, -0.25) is 14.6 Å². The van der Waals surface area contributed by atoms with Crippen molar-refractivity contribution in [2.45, 2.75) is 76.9 Å². The number of ether oxygens (including phenoxy) is 3. The highest BCUT2D eigenvalue weighted by Gasteiger charge is 2.47. The van der Waals surface area contributed by atoms with Gasteiger partial charge >= 0.3 is 5.97 Å². The van der Waals surface area contributed by atoms with Crippen LogP contribution < -0.4 is 0 Å². The zero-order chi connectivity index (χ0) is 18.6. The van der Waals surface area contributed by atoms with E-state index in [2.05, 4.69) is 16.7 Å². The first kappa shape index (κ1) is 20.1. The molecular formula is C20H36N2O4. The molecule has 0 amide bonds. The molecule has 0 aromatic carbocycles. The fourth-order valence-corrected chi connectivity index (χ4v) is 4.58. The van der Waals surface area contributed by atoms with Crippen LogP contribution in [-0.4, -0.2) is 73.7 Å². The highest BCUT2D eigenvalue weighted by molar-refractivity contribution is 5.72. The number of hydrogen-bond donors (Lipinski definition) is 0. The molecule has 0 aromatic rings. The number of rotatable bonds is 8. The van der Waals surface area contributed by atoms with E-state index in [0.29, 0.717) is 6.61 Å². The Balaban J connectivity index is 1.53. The van der Waals surface area contributed by atoms with Gasteiger partial charge in [-0.25, -0.2) is 0 Å². The van der Waals surface area contributed by atoms with Crippen LogP contribution in [0.25, 0.3) is 0 Å². The number of carbonyl (C=O) groups is 1. The summed E-state index contributed by atoms with van der Waals surface area (Å²) in [6, 6.07) is 0. The summed E-state index contributed by atoms with van der Waals surface area (Å²) in [4.78, 5) is 16.8. The van der Waals surface area contributed by atoms with Gasteiger partial charge in [0.15, 0.2) is 6.35 Å². The van der Waals surface area contributed by atoms with Crippen LogP contribution in [0.2, 0.25) is 0 Å². The zero-order valence-corrected chi connectivity index (χ0v) is 16.7. The van der Waals surface area contributed by atoms with Crippen LogP contribution in [0.3, 0.4) is 0 Å². The Morgan fingerprint density at radius 1 is 1.08 bits per heavy atom. The number of likely N-dealkylation sites (tertiary alicyclic amines) is 2. The fraction of sp³-hybridized carbons (Fsp3) is 0.950. The lowest BCUT2D eigenvalue weighted by Gasteiger charge is -2.53. The molecule has 2 aliphatic heterocycles. The molecule has 6 heteroatoms. The van der Waals surface area contributed by atoms with Crippen LogP contribution in [0.1, 0.15) is 58.8 Å². The highest BCUT2D eigenvalue weighted by Crippen LogP contribution is 2.34. The van der Waals surface area contributed by atoms with Gasteiger partial charge in [0.25, 0.3) is 0 Å². The second-order valence-corrected chi connectivity index (χ2v) is 8.08. The minimum absolute atomic E-state index is 0.00288. The lowest BCUT2D eigenvalue weighted by atomic mass is 9.87. The van der Waals surface area contributed by atoms with Gasteiger partial charge in [0, 0.05) is 33.3 Å². The maximum absolute atomic E-state index is 11.9. The first-order valence-corrected chi connectivity index (χ1v) is 10.5. The lowest BCUT2D eigenvalue weighted by Crippen LogP contribution is -2.68. The first-order chi connectivity index (χ1) is 12.6. The monoisotopic (exact) mass is 368 g/mol. The van der Waals surface area contributed by atoms with Gasteiger partial charge < -0.3 is 14.2 Å². The molecule has 1 aliphatic carbocycles. The summed E-state index contributed by atoms with van der Waals surface area (Å²) < 4.78 is 17.5. The Morgan fingerprint density at radius 2 is 1.73 bits per heavy atom. The van der Waals surface area contributed by atoms with Crippen LogP contribution in [0, 0.1) is 5.92 Å². The molecule has 0 radical (unpaired) electrons. The Morgan fingerprint density at radius 3 is 2.27 bits per heavy atom. The minimum Gasteiger partial charge on any atom is -0.466 e. The van der Waals surface area contributed by atoms with Gasteiger partial charge in [0.2, 0.25) is 0 Å². The molecule has 1 saturated carbocycles. The van der Waals surface area contributed by atoms with Crippen molar-refractivity contribution in [2.75, 3.05) is 39.9 Å². The lowest BCUT2D eigenvalue weighted by molar-refractivity contribution is -0.249. The molecule has 0 aromatic heterocycles. The summed E-state index contributed by atoms with van der Waals surface area (Å²) in [5.41, 5.74) is 0.00288. The smallest absolute Gasteiger partial charge is 0.308 e. The van der Waals surface area contributed by atoms with E-state index < -0.39 is 0 Å². The normalized spacial score (nSPS) is 30.7. The number of methoxy groups -OCH3 is 1. The molecule has 0 N–H and O–H groups in total. The van der Waals surface area contributed by atoms with E-state index >= 15 is 0 Å². The summed E-state index contributed by atoms with van der Waals surface area (Å²) in [6.07, 6.45) is 7.52. The van der Waals surface area contributed by atoms with E-state index in [-0.39, 0.29) is 29.9 Å². The molecule has 0 spiro atoms. The van der Waals surface area contributed by atoms with E-state index in [1.54, 1.807) is 0 Å². The molecule has 1 unspecified atom stereocenters. The number of esters is 1. The summed E-state index contributed by atoms with van der Waals surface area (Å²) in [5, 5.41) is 0. The van der Waals surface area contributed by atoms with Crippen molar-refractivity contribution < 1.29 is 19.0 Å². The summed E-state index contributed by atoms with van der Waals surface area (Å²) in [7, 11) is 1.82. The molecular weight excluding hydrogens is 332 g/mol. The van der Waals surface area contributed by atoms with Gasteiger partial charge in [0.05, 0.1) is 24.2 Å². The first-order valence-electron chi connectivity index (χ1n) is 10.5. The molecule has 150 valence electrons. The van der Waals surface area contributed by atoms with E-state index in [4.69, 9.17) is 14.2 Å². The van der Waals surface area contributed by atoms with Crippen molar-refractivity contribution in [2.24, 2.45) is 5.92 Å². The second-order valence-electron chi connectivity index (χ2n) is 8.08. The fourth-order valence-electron chi connectivity index (χ4n) is 4.58. The zero-order valence-electron chi connectivity index (χ0n) is 16.7. The molecule has 2 heterocycles. The van der Waals surface area contributed by atoms with Gasteiger partial charge in [-0.05, 0) is 51.9 Å². The Hall–Kier alpha value is -0.690. The molecule has 1 atom stereocenters. The summed E-state index contributed by atoms with van der Waals surface area (Å²) in [6.45, 7) is 8.66. The number of carbonyl (C=O) groups excluding carboxylic acids is 1. The van der Waals surface area contributed by atoms with Gasteiger partial charge in [-0.2, -0.15) is 0 Å². The molecule has 26 heavy (non-hydrogen) atoms. The topological polar surface area (TPSA) is 51.2 Å². The van der Waals surface area contributed by atoms with Crippen LogP contribution in [-0.2, 0) is 19.0 Å². The Bertz CT molecular complexity index is 447. The average Bonchev–Trinajstić information content (AvgIpc) is 3.16. The molecule has 2 saturated heterocycles. The molecule has 3 rings (SSSR count). The van der Waals surface area contributed by atoms with Crippen molar-refractivity contribution >= 4 is 5.97 Å². The Kier molecular flexibility index (Phi) is 6.94. The van der Waals surface area contributed by atoms with Gasteiger partial charge in [-0.15, -0.1) is 0 Å². The van der Waals surface area contributed by atoms with E-state index in [0.717, 1.165) is 58.3 Å². The van der Waals surface area contributed by atoms with Crippen molar-refractivity contribution in [1.82, 2.24) is 9.80 Å². The molecule has 6 nitrogen and oxygen atoms in total. The van der Waals surface area contributed by atoms with E-state index in [1.165, 1.54) is 12.8 Å². The quantitative estimate of drug-likeness (QED) is 0.614. The van der Waals surface area contributed by atoms with Crippen molar-refractivity contribution in [1.29, 1.82) is 0 Å². The summed E-state index contributed by atoms with van der Waals surface area (Å²) >= 11 is 0. The maximum Gasteiger partial charge on any atom is 0.308 e. The number of nitrogens with zero attached hydrogens (tertiary/aromatic N) is 2. The van der Waals surface area contributed by atoms with Crippen molar-refractivity contribution in [3.63, 3.8) is 0 Å². The van der Waals surface area contributed by atoms with Crippen LogP contribution in [0.15, 0.2) is 0 Å². The number of hydrogen-bond acceptors (Lipinski definition) is 6. The SMILES string of the molecule is CCOC(=O)C1CCC(OC(N2CCCC2)N2CC(CC)(OC)C2)CC1. The van der Waals surface area contributed by atoms with E-state index in [9.17, 15) is 4.79 Å². The van der Waals surface area contributed by atoms with E-state index in [1.807, 2.05) is 14.0 Å². The third-order valence-electron chi connectivity index (χ3n) is 6.43. The van der Waals surface area contributed by atoms with Crippen LogP contribution in [0.5, 0.6) is 0 Å². The molecule has 0 bridgehead atoms. The third-order valence-corrected chi connectivity index (χ3v) is 6.43.